The lowest BCUT2D eigenvalue weighted by Gasteiger charge is -2.11. The molecule has 1 heterocycles. The maximum absolute atomic E-state index is 4.24. The number of hydrogen-bond donors (Lipinski definition) is 3. The Bertz CT molecular complexity index is 577. The van der Waals surface area contributed by atoms with Crippen molar-refractivity contribution in [2.24, 2.45) is 4.99 Å². The van der Waals surface area contributed by atoms with Crippen LogP contribution in [0, 0.1) is 6.92 Å². The van der Waals surface area contributed by atoms with Crippen molar-refractivity contribution in [3.05, 3.63) is 52.2 Å². The summed E-state index contributed by atoms with van der Waals surface area (Å²) in [5.41, 5.74) is 1.16. The largest absolute Gasteiger partial charge is 0.385 e. The molecular formula is C17H24N4S. The highest BCUT2D eigenvalue weighted by molar-refractivity contribution is 7.11. The molecule has 4 nitrogen and oxygen atoms in total. The lowest BCUT2D eigenvalue weighted by atomic mass is 10.3. The first kappa shape index (κ1) is 16.4. The third kappa shape index (κ3) is 5.77. The van der Waals surface area contributed by atoms with Crippen LogP contribution < -0.4 is 16.0 Å². The Kier molecular flexibility index (Phi) is 6.77. The van der Waals surface area contributed by atoms with E-state index < -0.39 is 0 Å². The molecule has 0 atom stereocenters. The van der Waals surface area contributed by atoms with Gasteiger partial charge in [-0.2, -0.15) is 0 Å². The molecule has 0 saturated heterocycles. The summed E-state index contributed by atoms with van der Waals surface area (Å²) in [4.78, 5) is 6.91. The van der Waals surface area contributed by atoms with Crippen LogP contribution in [0.1, 0.15) is 16.2 Å². The molecule has 0 saturated carbocycles. The quantitative estimate of drug-likeness (QED) is 0.417. The SMILES string of the molecule is CN=C(NCCCNc1ccccc1)NCc1ccc(C)s1. The lowest BCUT2D eigenvalue weighted by Crippen LogP contribution is -2.37. The molecule has 0 unspecified atom stereocenters. The van der Waals surface area contributed by atoms with Crippen molar-refractivity contribution in [3.8, 4) is 0 Å². The summed E-state index contributed by atoms with van der Waals surface area (Å²) < 4.78 is 0. The van der Waals surface area contributed by atoms with Crippen LogP contribution in [0.2, 0.25) is 0 Å². The van der Waals surface area contributed by atoms with Gasteiger partial charge in [-0.1, -0.05) is 18.2 Å². The molecule has 0 aliphatic heterocycles. The fourth-order valence-electron chi connectivity index (χ4n) is 2.06. The third-order valence-electron chi connectivity index (χ3n) is 3.20. The van der Waals surface area contributed by atoms with E-state index in [2.05, 4.69) is 52.1 Å². The predicted molar refractivity (Wildman–Crippen MR) is 96.8 cm³/mol. The number of para-hydroxylation sites is 1. The summed E-state index contributed by atoms with van der Waals surface area (Å²) in [6, 6.07) is 14.6. The van der Waals surface area contributed by atoms with Gasteiger partial charge in [0.25, 0.3) is 0 Å². The lowest BCUT2D eigenvalue weighted by molar-refractivity contribution is 0.765. The molecule has 0 spiro atoms. The van der Waals surface area contributed by atoms with Gasteiger partial charge in [-0.3, -0.25) is 4.99 Å². The van der Waals surface area contributed by atoms with Gasteiger partial charge >= 0.3 is 0 Å². The zero-order valence-corrected chi connectivity index (χ0v) is 14.0. The molecule has 0 bridgehead atoms. The first-order valence-electron chi connectivity index (χ1n) is 7.56. The van der Waals surface area contributed by atoms with Crippen molar-refractivity contribution in [1.82, 2.24) is 10.6 Å². The predicted octanol–water partition coefficient (Wildman–Crippen LogP) is 3.22. The summed E-state index contributed by atoms with van der Waals surface area (Å²) in [5.74, 6) is 0.853. The molecule has 2 aromatic rings. The van der Waals surface area contributed by atoms with Crippen molar-refractivity contribution < 1.29 is 0 Å². The van der Waals surface area contributed by atoms with Gasteiger partial charge < -0.3 is 16.0 Å². The molecule has 5 heteroatoms. The molecule has 22 heavy (non-hydrogen) atoms. The summed E-state index contributed by atoms with van der Waals surface area (Å²) in [7, 11) is 1.80. The molecule has 0 amide bonds. The van der Waals surface area contributed by atoms with E-state index in [1.165, 1.54) is 9.75 Å². The standard InChI is InChI=1S/C17H24N4S/c1-14-9-10-16(22-14)13-21-17(18-2)20-12-6-11-19-15-7-4-3-5-8-15/h3-5,7-10,19H,6,11-13H2,1-2H3,(H2,18,20,21). The molecule has 0 fully saturated rings. The topological polar surface area (TPSA) is 48.5 Å². The third-order valence-corrected chi connectivity index (χ3v) is 4.20. The maximum Gasteiger partial charge on any atom is 0.191 e. The van der Waals surface area contributed by atoms with Crippen LogP contribution in [-0.2, 0) is 6.54 Å². The Hall–Kier alpha value is -2.01. The van der Waals surface area contributed by atoms with Crippen LogP contribution in [0.15, 0.2) is 47.5 Å². The number of thiophene rings is 1. The molecule has 0 aliphatic rings. The minimum Gasteiger partial charge on any atom is -0.385 e. The maximum atomic E-state index is 4.24. The van der Waals surface area contributed by atoms with E-state index in [0.717, 1.165) is 37.7 Å². The van der Waals surface area contributed by atoms with Crippen molar-refractivity contribution in [2.45, 2.75) is 19.9 Å². The number of hydrogen-bond acceptors (Lipinski definition) is 3. The molecule has 3 N–H and O–H groups in total. The minimum absolute atomic E-state index is 0.820. The van der Waals surface area contributed by atoms with Crippen LogP contribution in [0.3, 0.4) is 0 Å². The van der Waals surface area contributed by atoms with Crippen LogP contribution in [0.25, 0.3) is 0 Å². The fourth-order valence-corrected chi connectivity index (χ4v) is 2.89. The van der Waals surface area contributed by atoms with Gasteiger partial charge in [0.1, 0.15) is 0 Å². The summed E-state index contributed by atoms with van der Waals surface area (Å²) in [5, 5.41) is 10.1. The zero-order chi connectivity index (χ0) is 15.6. The van der Waals surface area contributed by atoms with Gasteiger partial charge in [-0.15, -0.1) is 11.3 Å². The number of benzene rings is 1. The van der Waals surface area contributed by atoms with E-state index >= 15 is 0 Å². The monoisotopic (exact) mass is 316 g/mol. The Morgan fingerprint density at radius 3 is 2.55 bits per heavy atom. The molecule has 1 aromatic carbocycles. The van der Waals surface area contributed by atoms with E-state index in [1.807, 2.05) is 29.5 Å². The molecule has 0 aliphatic carbocycles. The van der Waals surface area contributed by atoms with Crippen molar-refractivity contribution >= 4 is 23.0 Å². The number of nitrogens with zero attached hydrogens (tertiary/aromatic N) is 1. The Labute approximate surface area is 136 Å². The Morgan fingerprint density at radius 2 is 1.86 bits per heavy atom. The van der Waals surface area contributed by atoms with E-state index in [1.54, 1.807) is 7.05 Å². The fraction of sp³-hybridized carbons (Fsp3) is 0.353. The molecule has 118 valence electrons. The number of anilines is 1. The smallest absolute Gasteiger partial charge is 0.191 e. The summed E-state index contributed by atoms with van der Waals surface area (Å²) >= 11 is 1.81. The van der Waals surface area contributed by atoms with Crippen LogP contribution in [0.5, 0.6) is 0 Å². The highest BCUT2D eigenvalue weighted by atomic mass is 32.1. The van der Waals surface area contributed by atoms with Crippen LogP contribution in [-0.4, -0.2) is 26.1 Å². The number of rotatable bonds is 7. The average Bonchev–Trinajstić information content (AvgIpc) is 2.96. The van der Waals surface area contributed by atoms with Gasteiger partial charge in [0.15, 0.2) is 5.96 Å². The Balaban J connectivity index is 1.60. The van der Waals surface area contributed by atoms with Gasteiger partial charge in [0, 0.05) is 35.6 Å². The highest BCUT2D eigenvalue weighted by Gasteiger charge is 2.00. The second-order valence-electron chi connectivity index (χ2n) is 5.01. The van der Waals surface area contributed by atoms with Crippen LogP contribution in [0.4, 0.5) is 5.69 Å². The van der Waals surface area contributed by atoms with E-state index in [9.17, 15) is 0 Å². The summed E-state index contributed by atoms with van der Waals surface area (Å²) in [6.07, 6.45) is 1.04. The van der Waals surface area contributed by atoms with E-state index in [-0.39, 0.29) is 0 Å². The minimum atomic E-state index is 0.820. The van der Waals surface area contributed by atoms with Crippen molar-refractivity contribution in [1.29, 1.82) is 0 Å². The molecular weight excluding hydrogens is 292 g/mol. The first-order chi connectivity index (χ1) is 10.8. The first-order valence-corrected chi connectivity index (χ1v) is 8.38. The summed E-state index contributed by atoms with van der Waals surface area (Å²) in [6.45, 7) is 4.78. The van der Waals surface area contributed by atoms with Gasteiger partial charge in [-0.05, 0) is 37.6 Å². The number of aryl methyl sites for hydroxylation is 1. The number of nitrogens with one attached hydrogen (secondary N) is 3. The van der Waals surface area contributed by atoms with Crippen LogP contribution >= 0.6 is 11.3 Å². The van der Waals surface area contributed by atoms with Crippen molar-refractivity contribution in [2.75, 3.05) is 25.5 Å². The van der Waals surface area contributed by atoms with E-state index in [0.29, 0.717) is 0 Å². The Morgan fingerprint density at radius 1 is 1.05 bits per heavy atom. The highest BCUT2D eigenvalue weighted by Crippen LogP contribution is 2.14. The second kappa shape index (κ2) is 9.10. The zero-order valence-electron chi connectivity index (χ0n) is 13.2. The average molecular weight is 316 g/mol. The van der Waals surface area contributed by atoms with E-state index in [4.69, 9.17) is 0 Å². The van der Waals surface area contributed by atoms with Gasteiger partial charge in [-0.25, -0.2) is 0 Å². The normalized spacial score (nSPS) is 11.3. The van der Waals surface area contributed by atoms with Gasteiger partial charge in [0.2, 0.25) is 0 Å². The van der Waals surface area contributed by atoms with Gasteiger partial charge in [0.05, 0.1) is 6.54 Å². The second-order valence-corrected chi connectivity index (χ2v) is 6.38. The van der Waals surface area contributed by atoms with Crippen molar-refractivity contribution in [3.63, 3.8) is 0 Å². The molecule has 1 aromatic heterocycles. The molecule has 0 radical (unpaired) electrons. The molecule has 2 rings (SSSR count). The number of guanidine groups is 1. The number of aliphatic imine (C=N–C) groups is 1.